The van der Waals surface area contributed by atoms with Crippen LogP contribution in [0.4, 0.5) is 0 Å². The number of rotatable bonds is 3. The lowest BCUT2D eigenvalue weighted by atomic mass is 10.0. The average molecular weight is 289 g/mol. The topological polar surface area (TPSA) is 57.6 Å². The predicted molar refractivity (Wildman–Crippen MR) is 72.3 cm³/mol. The van der Waals surface area contributed by atoms with E-state index >= 15 is 0 Å². The predicted octanol–water partition coefficient (Wildman–Crippen LogP) is 1.98. The van der Waals surface area contributed by atoms with E-state index in [2.05, 4.69) is 0 Å². The summed E-state index contributed by atoms with van der Waals surface area (Å²) < 4.78 is 26.9. The Kier molecular flexibility index (Phi) is 4.11. The third-order valence-electron chi connectivity index (χ3n) is 3.33. The van der Waals surface area contributed by atoms with Gasteiger partial charge < -0.3 is 5.11 Å². The summed E-state index contributed by atoms with van der Waals surface area (Å²) in [5.74, 6) is 0. The van der Waals surface area contributed by atoms with Crippen LogP contribution in [0.5, 0.6) is 0 Å². The normalized spacial score (nSPS) is 24.1. The third-order valence-corrected chi connectivity index (χ3v) is 6.73. The first-order valence-electron chi connectivity index (χ1n) is 6.19. The van der Waals surface area contributed by atoms with E-state index in [9.17, 15) is 13.5 Å². The lowest BCUT2D eigenvalue weighted by molar-refractivity contribution is 0.0832. The molecule has 6 heteroatoms. The lowest BCUT2D eigenvalue weighted by Crippen LogP contribution is -2.48. The fourth-order valence-electron chi connectivity index (χ4n) is 2.38. The van der Waals surface area contributed by atoms with Gasteiger partial charge in [0.1, 0.15) is 4.21 Å². The summed E-state index contributed by atoms with van der Waals surface area (Å²) >= 11 is 1.29. The molecule has 4 nitrogen and oxygen atoms in total. The number of hydrogen-bond donors (Lipinski definition) is 1. The number of aliphatic hydroxyl groups excluding tert-OH is 1. The van der Waals surface area contributed by atoms with E-state index in [0.29, 0.717) is 10.8 Å². The van der Waals surface area contributed by atoms with E-state index in [0.717, 1.165) is 24.1 Å². The lowest BCUT2D eigenvalue weighted by Gasteiger charge is -2.35. The molecule has 1 aromatic heterocycles. The molecule has 18 heavy (non-hydrogen) atoms. The number of piperidine rings is 1. The van der Waals surface area contributed by atoms with E-state index in [1.807, 2.05) is 13.0 Å². The molecule has 0 saturated carbocycles. The van der Waals surface area contributed by atoms with Gasteiger partial charge in [0.2, 0.25) is 0 Å². The highest BCUT2D eigenvalue weighted by molar-refractivity contribution is 7.91. The second kappa shape index (κ2) is 5.28. The monoisotopic (exact) mass is 289 g/mol. The van der Waals surface area contributed by atoms with Gasteiger partial charge in [-0.3, -0.25) is 0 Å². The summed E-state index contributed by atoms with van der Waals surface area (Å²) in [6, 6.07) is 3.19. The Labute approximate surface area is 112 Å². The van der Waals surface area contributed by atoms with Crippen molar-refractivity contribution < 1.29 is 13.5 Å². The summed E-state index contributed by atoms with van der Waals surface area (Å²) in [6.07, 6.45) is 1.96. The van der Waals surface area contributed by atoms with Crippen LogP contribution < -0.4 is 0 Å². The number of sulfonamides is 1. The van der Waals surface area contributed by atoms with Crippen LogP contribution in [0.3, 0.4) is 0 Å². The van der Waals surface area contributed by atoms with Gasteiger partial charge in [-0.15, -0.1) is 11.3 Å². The number of aliphatic hydroxyl groups is 1. The van der Waals surface area contributed by atoms with Crippen molar-refractivity contribution in [2.45, 2.75) is 49.5 Å². The van der Waals surface area contributed by atoms with E-state index in [1.54, 1.807) is 13.0 Å². The van der Waals surface area contributed by atoms with Gasteiger partial charge in [0.15, 0.2) is 0 Å². The second-order valence-corrected chi connectivity index (χ2v) is 8.19. The Hall–Kier alpha value is -0.430. The molecule has 0 spiro atoms. The number of nitrogens with zero attached hydrogens (tertiary/aromatic N) is 1. The molecule has 0 aliphatic carbocycles. The van der Waals surface area contributed by atoms with Gasteiger partial charge in [-0.2, -0.15) is 4.31 Å². The van der Waals surface area contributed by atoms with E-state index in [1.165, 1.54) is 15.6 Å². The Balaban J connectivity index is 2.33. The summed E-state index contributed by atoms with van der Waals surface area (Å²) in [6.45, 7) is 4.07. The van der Waals surface area contributed by atoms with Crippen molar-refractivity contribution in [3.8, 4) is 0 Å². The van der Waals surface area contributed by atoms with Crippen LogP contribution in [0, 0.1) is 6.92 Å². The molecule has 1 fully saturated rings. The zero-order chi connectivity index (χ0) is 13.3. The largest absolute Gasteiger partial charge is 0.392 e. The fraction of sp³-hybridized carbons (Fsp3) is 0.667. The number of thiophene rings is 1. The second-order valence-electron chi connectivity index (χ2n) is 4.78. The van der Waals surface area contributed by atoms with Crippen molar-refractivity contribution in [3.63, 3.8) is 0 Å². The Morgan fingerprint density at radius 1 is 1.44 bits per heavy atom. The SMILES string of the molecule is Cc1ccc(S(=O)(=O)N2CCCCC2C(C)O)s1. The minimum atomic E-state index is -3.44. The zero-order valence-corrected chi connectivity index (χ0v) is 12.3. The molecule has 2 heterocycles. The maximum atomic E-state index is 12.5. The van der Waals surface area contributed by atoms with Gasteiger partial charge in [-0.05, 0) is 38.8 Å². The number of hydrogen-bond acceptors (Lipinski definition) is 4. The molecule has 2 unspecified atom stereocenters. The maximum absolute atomic E-state index is 12.5. The van der Waals surface area contributed by atoms with Crippen LogP contribution >= 0.6 is 11.3 Å². The quantitative estimate of drug-likeness (QED) is 0.925. The van der Waals surface area contributed by atoms with E-state index in [4.69, 9.17) is 0 Å². The molecule has 2 rings (SSSR count). The molecule has 1 saturated heterocycles. The van der Waals surface area contributed by atoms with Crippen LogP contribution in [0.2, 0.25) is 0 Å². The van der Waals surface area contributed by atoms with Gasteiger partial charge in [0.25, 0.3) is 10.0 Å². The van der Waals surface area contributed by atoms with Crippen molar-refractivity contribution in [2.24, 2.45) is 0 Å². The number of aryl methyl sites for hydroxylation is 1. The molecule has 0 radical (unpaired) electrons. The van der Waals surface area contributed by atoms with Crippen LogP contribution in [-0.4, -0.2) is 36.5 Å². The minimum absolute atomic E-state index is 0.286. The summed E-state index contributed by atoms with van der Waals surface area (Å²) in [4.78, 5) is 0.985. The van der Waals surface area contributed by atoms with Gasteiger partial charge in [0, 0.05) is 11.4 Å². The molecule has 0 aromatic carbocycles. The summed E-state index contributed by atoms with van der Waals surface area (Å²) in [7, 11) is -3.44. The molecule has 0 amide bonds. The van der Waals surface area contributed by atoms with E-state index < -0.39 is 16.1 Å². The van der Waals surface area contributed by atoms with Gasteiger partial charge in [0.05, 0.1) is 12.1 Å². The van der Waals surface area contributed by atoms with Crippen molar-refractivity contribution in [1.82, 2.24) is 4.31 Å². The van der Waals surface area contributed by atoms with E-state index in [-0.39, 0.29) is 6.04 Å². The zero-order valence-electron chi connectivity index (χ0n) is 10.7. The summed E-state index contributed by atoms with van der Waals surface area (Å²) in [5.41, 5.74) is 0. The van der Waals surface area contributed by atoms with Crippen LogP contribution in [0.1, 0.15) is 31.1 Å². The molecule has 1 aliphatic rings. The van der Waals surface area contributed by atoms with Crippen LogP contribution in [-0.2, 0) is 10.0 Å². The maximum Gasteiger partial charge on any atom is 0.252 e. The first-order valence-corrected chi connectivity index (χ1v) is 8.45. The average Bonchev–Trinajstić information content (AvgIpc) is 2.76. The molecule has 102 valence electrons. The van der Waals surface area contributed by atoms with Crippen molar-refractivity contribution in [1.29, 1.82) is 0 Å². The molecule has 1 aromatic rings. The minimum Gasteiger partial charge on any atom is -0.392 e. The first kappa shape index (κ1) is 14.0. The first-order chi connectivity index (χ1) is 8.43. The molecule has 1 N–H and O–H groups in total. The van der Waals surface area contributed by atoms with Gasteiger partial charge in [-0.1, -0.05) is 6.42 Å². The molecule has 2 atom stereocenters. The van der Waals surface area contributed by atoms with Crippen molar-refractivity contribution in [2.75, 3.05) is 6.54 Å². The molecule has 0 bridgehead atoms. The fourth-order valence-corrected chi connectivity index (χ4v) is 5.55. The standard InChI is InChI=1S/C12H19NO3S2/c1-9-6-7-12(17-9)18(15,16)13-8-4-3-5-11(13)10(2)14/h6-7,10-11,14H,3-5,8H2,1-2H3. The highest BCUT2D eigenvalue weighted by Gasteiger charge is 2.36. The Morgan fingerprint density at radius 2 is 2.17 bits per heavy atom. The Bertz CT molecular complexity index is 507. The van der Waals surface area contributed by atoms with Crippen molar-refractivity contribution >= 4 is 21.4 Å². The highest BCUT2D eigenvalue weighted by Crippen LogP contribution is 2.30. The van der Waals surface area contributed by atoms with Gasteiger partial charge in [-0.25, -0.2) is 8.42 Å². The van der Waals surface area contributed by atoms with Crippen molar-refractivity contribution in [3.05, 3.63) is 17.0 Å². The van der Waals surface area contributed by atoms with Crippen LogP contribution in [0.15, 0.2) is 16.3 Å². The molecular weight excluding hydrogens is 270 g/mol. The third kappa shape index (κ3) is 2.61. The Morgan fingerprint density at radius 3 is 2.72 bits per heavy atom. The summed E-state index contributed by atoms with van der Waals surface area (Å²) in [5, 5.41) is 9.76. The van der Waals surface area contributed by atoms with Crippen LogP contribution in [0.25, 0.3) is 0 Å². The molecule has 1 aliphatic heterocycles. The smallest absolute Gasteiger partial charge is 0.252 e. The highest BCUT2D eigenvalue weighted by atomic mass is 32.2. The molecular formula is C12H19NO3S2. The van der Waals surface area contributed by atoms with Gasteiger partial charge >= 0.3 is 0 Å².